The fourth-order valence-corrected chi connectivity index (χ4v) is 4.14. The number of aromatic amines is 1. The van der Waals surface area contributed by atoms with E-state index in [4.69, 9.17) is 0 Å². The third-order valence-corrected chi connectivity index (χ3v) is 5.92. The van der Waals surface area contributed by atoms with E-state index in [0.29, 0.717) is 22.7 Å². The van der Waals surface area contributed by atoms with Gasteiger partial charge in [-0.25, -0.2) is 9.97 Å². The van der Waals surface area contributed by atoms with Crippen LogP contribution in [0.25, 0.3) is 11.0 Å². The van der Waals surface area contributed by atoms with Crippen molar-refractivity contribution in [3.05, 3.63) is 71.7 Å². The van der Waals surface area contributed by atoms with Crippen LogP contribution in [0.15, 0.2) is 60.0 Å². The van der Waals surface area contributed by atoms with Crippen LogP contribution in [0, 0.1) is 0 Å². The molecule has 1 amide bonds. The van der Waals surface area contributed by atoms with E-state index in [2.05, 4.69) is 25.5 Å². The van der Waals surface area contributed by atoms with E-state index < -0.39 is 0 Å². The highest BCUT2D eigenvalue weighted by Crippen LogP contribution is 2.31. The standard InChI is InChI=1S/C23H23N5O2S/c1-23(2,3)18-10-15(7-8-19(18)29)21(30)27-16-6-4-5-14(9-16)12-31-22-17-11-26-28-20(17)24-13-25-22/h4-11,13,29H,12H2,1-3H3,(H,27,30)(H,24,25,26,28). The van der Waals surface area contributed by atoms with Crippen LogP contribution in [0.5, 0.6) is 5.75 Å². The Balaban J connectivity index is 1.47. The van der Waals surface area contributed by atoms with Gasteiger partial charge < -0.3 is 10.4 Å². The molecule has 4 aromatic rings. The van der Waals surface area contributed by atoms with Gasteiger partial charge in [-0.05, 0) is 41.3 Å². The second kappa shape index (κ2) is 8.39. The van der Waals surface area contributed by atoms with E-state index in [0.717, 1.165) is 21.5 Å². The number of H-pyrrole nitrogens is 1. The van der Waals surface area contributed by atoms with Crippen LogP contribution >= 0.6 is 11.8 Å². The average molecular weight is 434 g/mol. The minimum absolute atomic E-state index is 0.194. The molecular weight excluding hydrogens is 410 g/mol. The van der Waals surface area contributed by atoms with E-state index in [9.17, 15) is 9.90 Å². The normalized spacial score (nSPS) is 11.6. The molecule has 0 aliphatic rings. The molecule has 0 unspecified atom stereocenters. The summed E-state index contributed by atoms with van der Waals surface area (Å²) >= 11 is 1.59. The summed E-state index contributed by atoms with van der Waals surface area (Å²) < 4.78 is 0. The summed E-state index contributed by atoms with van der Waals surface area (Å²) in [5, 5.41) is 21.7. The van der Waals surface area contributed by atoms with Gasteiger partial charge in [0.25, 0.3) is 5.91 Å². The molecule has 2 aromatic carbocycles. The van der Waals surface area contributed by atoms with E-state index in [1.807, 2.05) is 45.0 Å². The number of nitrogens with zero attached hydrogens (tertiary/aromatic N) is 3. The molecule has 0 saturated heterocycles. The SMILES string of the molecule is CC(C)(C)c1cc(C(=O)Nc2cccc(CSc3ncnc4[nH]ncc34)c2)ccc1O. The number of benzene rings is 2. The van der Waals surface area contributed by atoms with Crippen LogP contribution in [-0.4, -0.2) is 31.2 Å². The van der Waals surface area contributed by atoms with Crippen LogP contribution in [-0.2, 0) is 11.2 Å². The molecule has 0 aliphatic heterocycles. The highest BCUT2D eigenvalue weighted by atomic mass is 32.2. The highest BCUT2D eigenvalue weighted by Gasteiger charge is 2.20. The summed E-state index contributed by atoms with van der Waals surface area (Å²) in [5.41, 5.74) is 3.45. The monoisotopic (exact) mass is 433 g/mol. The Morgan fingerprint density at radius 3 is 2.81 bits per heavy atom. The predicted octanol–water partition coefficient (Wildman–Crippen LogP) is 4.90. The smallest absolute Gasteiger partial charge is 0.255 e. The summed E-state index contributed by atoms with van der Waals surface area (Å²) in [4.78, 5) is 21.3. The molecule has 158 valence electrons. The number of nitrogens with one attached hydrogen (secondary N) is 2. The van der Waals surface area contributed by atoms with Gasteiger partial charge in [0.1, 0.15) is 17.1 Å². The zero-order valence-electron chi connectivity index (χ0n) is 17.5. The minimum Gasteiger partial charge on any atom is -0.508 e. The molecule has 0 saturated carbocycles. The molecule has 0 aliphatic carbocycles. The van der Waals surface area contributed by atoms with Crippen molar-refractivity contribution in [3.63, 3.8) is 0 Å². The lowest BCUT2D eigenvalue weighted by Crippen LogP contribution is -2.16. The number of anilines is 1. The van der Waals surface area contributed by atoms with Crippen LogP contribution in [0.2, 0.25) is 0 Å². The molecule has 0 spiro atoms. The lowest BCUT2D eigenvalue weighted by molar-refractivity contribution is 0.102. The minimum atomic E-state index is -0.265. The number of hydrogen-bond donors (Lipinski definition) is 3. The summed E-state index contributed by atoms with van der Waals surface area (Å²) in [7, 11) is 0. The first-order valence-electron chi connectivity index (χ1n) is 9.82. The molecule has 2 aromatic heterocycles. The van der Waals surface area contributed by atoms with Gasteiger partial charge >= 0.3 is 0 Å². The topological polar surface area (TPSA) is 104 Å². The Morgan fingerprint density at radius 2 is 2.00 bits per heavy atom. The Bertz CT molecular complexity index is 1250. The highest BCUT2D eigenvalue weighted by molar-refractivity contribution is 7.98. The van der Waals surface area contributed by atoms with Gasteiger partial charge in [0.15, 0.2) is 5.65 Å². The molecule has 0 atom stereocenters. The number of phenols is 1. The maximum absolute atomic E-state index is 12.8. The van der Waals surface area contributed by atoms with Crippen molar-refractivity contribution >= 4 is 34.4 Å². The maximum atomic E-state index is 12.8. The third-order valence-electron chi connectivity index (χ3n) is 4.84. The Kier molecular flexibility index (Phi) is 5.65. The lowest BCUT2D eigenvalue weighted by Gasteiger charge is -2.21. The van der Waals surface area contributed by atoms with Crippen LogP contribution in [0.3, 0.4) is 0 Å². The number of aromatic hydroxyl groups is 1. The fourth-order valence-electron chi connectivity index (χ4n) is 3.23. The van der Waals surface area contributed by atoms with E-state index in [1.165, 1.54) is 6.33 Å². The number of thioether (sulfide) groups is 1. The maximum Gasteiger partial charge on any atom is 0.255 e. The predicted molar refractivity (Wildman–Crippen MR) is 122 cm³/mol. The number of amides is 1. The number of aromatic nitrogens is 4. The van der Waals surface area contributed by atoms with Gasteiger partial charge in [-0.1, -0.05) is 32.9 Å². The van der Waals surface area contributed by atoms with Crippen molar-refractivity contribution in [2.45, 2.75) is 37.0 Å². The summed E-state index contributed by atoms with van der Waals surface area (Å²) in [6, 6.07) is 12.7. The van der Waals surface area contributed by atoms with Crippen molar-refractivity contribution in [1.82, 2.24) is 20.2 Å². The molecule has 2 heterocycles. The second-order valence-electron chi connectivity index (χ2n) is 8.24. The molecule has 0 bridgehead atoms. The lowest BCUT2D eigenvalue weighted by atomic mass is 9.85. The van der Waals surface area contributed by atoms with Crippen molar-refractivity contribution in [2.24, 2.45) is 0 Å². The van der Waals surface area contributed by atoms with Crippen molar-refractivity contribution in [3.8, 4) is 5.75 Å². The molecule has 4 rings (SSSR count). The quantitative estimate of drug-likeness (QED) is 0.305. The number of carbonyl (C=O) groups excluding carboxylic acids is 1. The van der Waals surface area contributed by atoms with Gasteiger partial charge in [0, 0.05) is 22.6 Å². The first kappa shape index (κ1) is 20.9. The first-order chi connectivity index (χ1) is 14.8. The van der Waals surface area contributed by atoms with E-state index >= 15 is 0 Å². The van der Waals surface area contributed by atoms with Crippen molar-refractivity contribution in [2.75, 3.05) is 5.32 Å². The zero-order valence-corrected chi connectivity index (χ0v) is 18.3. The Morgan fingerprint density at radius 1 is 1.16 bits per heavy atom. The largest absolute Gasteiger partial charge is 0.508 e. The third kappa shape index (κ3) is 4.69. The molecule has 3 N–H and O–H groups in total. The van der Waals surface area contributed by atoms with Gasteiger partial charge in [-0.2, -0.15) is 5.10 Å². The Labute approximate surface area is 184 Å². The zero-order chi connectivity index (χ0) is 22.0. The van der Waals surface area contributed by atoms with Crippen molar-refractivity contribution < 1.29 is 9.90 Å². The molecule has 8 heteroatoms. The number of fused-ring (bicyclic) bond motifs is 1. The molecule has 0 radical (unpaired) electrons. The summed E-state index contributed by atoms with van der Waals surface area (Å²) in [6.07, 6.45) is 3.24. The molecular formula is C23H23N5O2S. The van der Waals surface area contributed by atoms with Crippen molar-refractivity contribution in [1.29, 1.82) is 0 Å². The molecule has 31 heavy (non-hydrogen) atoms. The van der Waals surface area contributed by atoms with Crippen LogP contribution in [0.1, 0.15) is 42.3 Å². The summed E-state index contributed by atoms with van der Waals surface area (Å²) in [6.45, 7) is 6.00. The van der Waals surface area contributed by atoms with Gasteiger partial charge in [-0.15, -0.1) is 11.8 Å². The summed E-state index contributed by atoms with van der Waals surface area (Å²) in [5.74, 6) is 0.666. The van der Waals surface area contributed by atoms with E-state index in [1.54, 1.807) is 36.2 Å². The van der Waals surface area contributed by atoms with Gasteiger partial charge in [0.2, 0.25) is 0 Å². The number of rotatable bonds is 5. The molecule has 0 fully saturated rings. The second-order valence-corrected chi connectivity index (χ2v) is 9.20. The molecule has 7 nitrogen and oxygen atoms in total. The van der Waals surface area contributed by atoms with Gasteiger partial charge in [-0.3, -0.25) is 9.89 Å². The number of carbonyl (C=O) groups is 1. The van der Waals surface area contributed by atoms with Crippen LogP contribution < -0.4 is 5.32 Å². The Hall–Kier alpha value is -3.39. The number of hydrogen-bond acceptors (Lipinski definition) is 6. The average Bonchev–Trinajstić information content (AvgIpc) is 3.21. The first-order valence-corrected chi connectivity index (χ1v) is 10.8. The van der Waals surface area contributed by atoms with Gasteiger partial charge in [0.05, 0.1) is 11.6 Å². The van der Waals surface area contributed by atoms with Crippen LogP contribution in [0.4, 0.5) is 5.69 Å². The van der Waals surface area contributed by atoms with E-state index in [-0.39, 0.29) is 17.1 Å². The number of phenolic OH excluding ortho intramolecular Hbond substituents is 1. The fraction of sp³-hybridized carbons (Fsp3) is 0.217.